The van der Waals surface area contributed by atoms with Crippen LogP contribution in [0.5, 0.6) is 11.5 Å². The van der Waals surface area contributed by atoms with Crippen LogP contribution in [0.15, 0.2) is 89.3 Å². The first-order chi connectivity index (χ1) is 34.4. The van der Waals surface area contributed by atoms with Crippen molar-refractivity contribution in [3.05, 3.63) is 107 Å². The van der Waals surface area contributed by atoms with Crippen molar-refractivity contribution in [2.75, 3.05) is 99.1 Å². The van der Waals surface area contributed by atoms with Gasteiger partial charge in [-0.3, -0.25) is 0 Å². The third-order valence-electron chi connectivity index (χ3n) is 14.3. The summed E-state index contributed by atoms with van der Waals surface area (Å²) < 4.78 is 19.6. The highest BCUT2D eigenvalue weighted by Gasteiger charge is 2.24. The van der Waals surface area contributed by atoms with Gasteiger partial charge in [0.1, 0.15) is 22.8 Å². The number of para-hydroxylation sites is 3. The van der Waals surface area contributed by atoms with Crippen LogP contribution < -0.4 is 41.4 Å². The highest BCUT2D eigenvalue weighted by atomic mass is 32.1. The number of thiophene rings is 1. The number of unbranched alkanes of at least 4 members (excludes halogenated alkanes) is 2. The van der Waals surface area contributed by atoms with E-state index in [0.717, 1.165) is 189 Å². The molecule has 6 heterocycles. The molecule has 6 aromatic rings. The molecule has 4 aliphatic rings. The van der Waals surface area contributed by atoms with Crippen molar-refractivity contribution in [1.82, 2.24) is 9.80 Å². The second-order valence-electron chi connectivity index (χ2n) is 19.2. The smallest absolute Gasteiger partial charge is 0.316 e. The molecule has 0 aliphatic carbocycles. The Morgan fingerprint density at radius 1 is 0.543 bits per heavy atom. The van der Waals surface area contributed by atoms with Crippen LogP contribution in [0.2, 0.25) is 0 Å². The van der Waals surface area contributed by atoms with Gasteiger partial charge in [0.2, 0.25) is 0 Å². The summed E-state index contributed by atoms with van der Waals surface area (Å²) in [7, 11) is 0. The topological polar surface area (TPSA) is 155 Å². The minimum atomic E-state index is -0.562. The van der Waals surface area contributed by atoms with E-state index in [1.165, 1.54) is 51.3 Å². The van der Waals surface area contributed by atoms with E-state index in [2.05, 4.69) is 78.8 Å². The Labute approximate surface area is 417 Å². The number of primary amides is 2. The predicted molar refractivity (Wildman–Crippen MR) is 287 cm³/mol. The van der Waals surface area contributed by atoms with Gasteiger partial charge in [0.05, 0.1) is 36.0 Å². The van der Waals surface area contributed by atoms with Gasteiger partial charge in [-0.2, -0.15) is 0 Å². The lowest BCUT2D eigenvalue weighted by Gasteiger charge is -2.26. The number of hydrogen-bond donors (Lipinski definition) is 4. The van der Waals surface area contributed by atoms with E-state index in [0.29, 0.717) is 5.69 Å². The lowest BCUT2D eigenvalue weighted by molar-refractivity contribution is 0.258. The van der Waals surface area contributed by atoms with Crippen molar-refractivity contribution in [2.45, 2.75) is 89.9 Å². The summed E-state index contributed by atoms with van der Waals surface area (Å²) in [5, 5.41) is 7.61. The van der Waals surface area contributed by atoms with Gasteiger partial charge in [0, 0.05) is 66.0 Å². The van der Waals surface area contributed by atoms with Gasteiger partial charge in [-0.05, 0) is 151 Å². The SMILES string of the molecule is NC(=O)Nc1c(CCCCN2CCCN(c3cccc4c3OCCCC4)CC2)oc2ccccc12.NC(=O)Nc1c(CCCCN2CCCN(c3cccc4c3OCCCC4)CC2)sc2ccccc12. The van der Waals surface area contributed by atoms with Crippen LogP contribution in [0, 0.1) is 0 Å². The lowest BCUT2D eigenvalue weighted by atomic mass is 10.1. The molecule has 10 rings (SSSR count). The molecule has 2 fully saturated rings. The Hall–Kier alpha value is -5.96. The third-order valence-corrected chi connectivity index (χ3v) is 15.5. The number of carbonyl (C=O) groups excluding carboxylic acids is 2. The average Bonchev–Trinajstić information content (AvgIpc) is 3.63. The van der Waals surface area contributed by atoms with E-state index < -0.39 is 12.1 Å². The molecule has 13 nitrogen and oxygen atoms in total. The zero-order valence-electron chi connectivity index (χ0n) is 40.9. The molecular formula is C56H72N8O5S. The fourth-order valence-electron chi connectivity index (χ4n) is 10.7. The molecule has 0 radical (unpaired) electrons. The van der Waals surface area contributed by atoms with E-state index >= 15 is 0 Å². The Bertz CT molecular complexity index is 2500. The molecule has 4 amide bonds. The van der Waals surface area contributed by atoms with E-state index in [-0.39, 0.29) is 0 Å². The molecule has 372 valence electrons. The number of benzene rings is 4. The molecule has 70 heavy (non-hydrogen) atoms. The Kier molecular flexibility index (Phi) is 17.0. The zero-order chi connectivity index (χ0) is 48.1. The van der Waals surface area contributed by atoms with Crippen LogP contribution in [0.1, 0.15) is 86.0 Å². The van der Waals surface area contributed by atoms with Crippen LogP contribution >= 0.6 is 11.3 Å². The maximum atomic E-state index is 11.6. The summed E-state index contributed by atoms with van der Waals surface area (Å²) in [4.78, 5) is 34.5. The minimum Gasteiger partial charge on any atom is -0.491 e. The second kappa shape index (κ2) is 24.2. The molecule has 2 aromatic heterocycles. The molecule has 0 unspecified atom stereocenters. The summed E-state index contributed by atoms with van der Waals surface area (Å²) >= 11 is 1.76. The Morgan fingerprint density at radius 3 is 1.71 bits per heavy atom. The van der Waals surface area contributed by atoms with Crippen LogP contribution in [0.3, 0.4) is 0 Å². The number of aryl methyl sites for hydroxylation is 4. The van der Waals surface area contributed by atoms with Crippen molar-refractivity contribution < 1.29 is 23.5 Å². The molecule has 6 N–H and O–H groups in total. The first-order valence-corrected chi connectivity index (χ1v) is 26.8. The number of hydrogen-bond acceptors (Lipinski definition) is 10. The molecule has 2 saturated heterocycles. The Morgan fingerprint density at radius 2 is 1.10 bits per heavy atom. The monoisotopic (exact) mass is 969 g/mol. The number of urea groups is 2. The first kappa shape index (κ1) is 49.0. The summed E-state index contributed by atoms with van der Waals surface area (Å²) in [6, 6.07) is 28.2. The van der Waals surface area contributed by atoms with Gasteiger partial charge < -0.3 is 55.6 Å². The van der Waals surface area contributed by atoms with E-state index in [1.54, 1.807) is 11.3 Å². The van der Waals surface area contributed by atoms with Crippen molar-refractivity contribution in [1.29, 1.82) is 0 Å². The molecule has 0 spiro atoms. The quantitative estimate of drug-likeness (QED) is 0.0781. The number of fused-ring (bicyclic) bond motifs is 4. The number of carbonyl (C=O) groups is 2. The van der Waals surface area contributed by atoms with Gasteiger partial charge in [-0.25, -0.2) is 9.59 Å². The summed E-state index contributed by atoms with van der Waals surface area (Å²) in [5.41, 5.74) is 18.5. The normalized spacial score (nSPS) is 16.9. The molecule has 4 aliphatic heterocycles. The van der Waals surface area contributed by atoms with Crippen molar-refractivity contribution in [2.24, 2.45) is 11.5 Å². The highest BCUT2D eigenvalue weighted by Crippen LogP contribution is 2.39. The number of nitrogens with one attached hydrogen (secondary N) is 2. The first-order valence-electron chi connectivity index (χ1n) is 26.0. The number of anilines is 4. The van der Waals surface area contributed by atoms with Gasteiger partial charge in [-0.1, -0.05) is 54.6 Å². The molecule has 0 saturated carbocycles. The summed E-state index contributed by atoms with van der Waals surface area (Å²) in [6.07, 6.45) is 15.3. The average molecular weight is 969 g/mol. The van der Waals surface area contributed by atoms with E-state index in [1.807, 2.05) is 36.4 Å². The van der Waals surface area contributed by atoms with Gasteiger partial charge in [-0.15, -0.1) is 11.3 Å². The standard InChI is InChI=1S/C28H36N4O3.C28H36N4O2S/c2*29-28(33)30-26-22-11-1-2-13-24(22)35-25(26)14-3-5-15-31-16-8-17-32(19-18-31)23-12-7-10-21-9-4-6-20-34-27(21)23/h2*1-2,7,10-13H,3-6,8-9,14-20H2,(H3,29,30,33). The van der Waals surface area contributed by atoms with Gasteiger partial charge in [0.15, 0.2) is 0 Å². The largest absolute Gasteiger partial charge is 0.491 e. The number of amides is 4. The molecule has 0 bridgehead atoms. The summed E-state index contributed by atoms with van der Waals surface area (Å²) in [5.74, 6) is 3.05. The maximum Gasteiger partial charge on any atom is 0.316 e. The van der Waals surface area contributed by atoms with E-state index in [9.17, 15) is 9.59 Å². The number of nitrogens with zero attached hydrogens (tertiary/aromatic N) is 4. The number of rotatable bonds is 14. The van der Waals surface area contributed by atoms with Crippen molar-refractivity contribution >= 4 is 67.2 Å². The van der Waals surface area contributed by atoms with Crippen molar-refractivity contribution in [3.63, 3.8) is 0 Å². The van der Waals surface area contributed by atoms with Gasteiger partial charge in [0.25, 0.3) is 0 Å². The number of nitrogens with two attached hydrogens (primary N) is 2. The van der Waals surface area contributed by atoms with Crippen LogP contribution in [-0.2, 0) is 25.7 Å². The molecule has 0 atom stereocenters. The third kappa shape index (κ3) is 12.5. The van der Waals surface area contributed by atoms with Crippen molar-refractivity contribution in [3.8, 4) is 11.5 Å². The zero-order valence-corrected chi connectivity index (χ0v) is 41.7. The van der Waals surface area contributed by atoms with Crippen LogP contribution in [-0.4, -0.2) is 101 Å². The predicted octanol–water partition coefficient (Wildman–Crippen LogP) is 10.8. The minimum absolute atomic E-state index is 0.496. The highest BCUT2D eigenvalue weighted by molar-refractivity contribution is 7.19. The fourth-order valence-corrected chi connectivity index (χ4v) is 11.9. The summed E-state index contributed by atoms with van der Waals surface area (Å²) in [6.45, 7) is 12.5. The molecule has 4 aromatic carbocycles. The second-order valence-corrected chi connectivity index (χ2v) is 20.3. The maximum absolute atomic E-state index is 11.6. The van der Waals surface area contributed by atoms with Gasteiger partial charge >= 0.3 is 12.1 Å². The van der Waals surface area contributed by atoms with E-state index in [4.69, 9.17) is 25.4 Å². The van der Waals surface area contributed by atoms with Crippen LogP contribution in [0.25, 0.3) is 21.1 Å². The van der Waals surface area contributed by atoms with Crippen LogP contribution in [0.4, 0.5) is 32.3 Å². The number of furan rings is 1. The number of ether oxygens (including phenoxy) is 2. The lowest BCUT2D eigenvalue weighted by Crippen LogP contribution is -2.31. The molecule has 14 heteroatoms. The fraction of sp³-hybridized carbons (Fsp3) is 0.464. The Balaban J connectivity index is 0.000000174. The molecular weight excluding hydrogens is 897 g/mol.